The molecule has 1 fully saturated rings. The van der Waals surface area contributed by atoms with E-state index in [-0.39, 0.29) is 11.9 Å². The minimum absolute atomic E-state index is 0.0840. The number of aromatic nitrogens is 1. The summed E-state index contributed by atoms with van der Waals surface area (Å²) in [7, 11) is 0. The average Bonchev–Trinajstić information content (AvgIpc) is 3.20. The molecule has 1 atom stereocenters. The maximum absolute atomic E-state index is 13.0. The Balaban J connectivity index is 1.64. The van der Waals surface area contributed by atoms with Crippen molar-refractivity contribution in [3.05, 3.63) is 40.7 Å². The Hall–Kier alpha value is -2.08. The molecule has 1 amide bonds. The molecule has 0 aromatic carbocycles. The summed E-state index contributed by atoms with van der Waals surface area (Å²) in [5.74, 6) is 2.38. The molecule has 1 saturated heterocycles. The van der Waals surface area contributed by atoms with Crippen molar-refractivity contribution in [2.24, 2.45) is 0 Å². The molecule has 1 aliphatic carbocycles. The normalized spacial score (nSPS) is 21.3. The topological polar surface area (TPSA) is 68.7 Å². The number of furan rings is 1. The zero-order chi connectivity index (χ0) is 15.8. The van der Waals surface area contributed by atoms with Gasteiger partial charge in [0, 0.05) is 18.5 Å². The fraction of sp³-hybridized carbons (Fsp3) is 0.529. The number of aryl methyl sites for hydroxylation is 2. The van der Waals surface area contributed by atoms with Crippen LogP contribution >= 0.6 is 0 Å². The summed E-state index contributed by atoms with van der Waals surface area (Å²) in [5, 5.41) is 4.07. The van der Waals surface area contributed by atoms with Crippen LogP contribution in [-0.2, 0) is 17.6 Å². The molecule has 1 aliphatic heterocycles. The SMILES string of the molecule is Cc1ccc(C2COCCN2C(=O)c2noc3c2CCCC3)o1. The fourth-order valence-electron chi connectivity index (χ4n) is 3.40. The molecule has 0 saturated carbocycles. The number of hydrogen-bond donors (Lipinski definition) is 0. The van der Waals surface area contributed by atoms with Crippen molar-refractivity contribution in [3.8, 4) is 0 Å². The fourth-order valence-corrected chi connectivity index (χ4v) is 3.40. The smallest absolute Gasteiger partial charge is 0.277 e. The molecule has 4 rings (SSSR count). The van der Waals surface area contributed by atoms with Gasteiger partial charge in [-0.25, -0.2) is 0 Å². The number of amides is 1. The van der Waals surface area contributed by atoms with E-state index >= 15 is 0 Å². The van der Waals surface area contributed by atoms with Gasteiger partial charge in [-0.15, -0.1) is 0 Å². The van der Waals surface area contributed by atoms with Crippen LogP contribution in [-0.4, -0.2) is 35.7 Å². The van der Waals surface area contributed by atoms with Gasteiger partial charge in [0.1, 0.15) is 23.3 Å². The van der Waals surface area contributed by atoms with Crippen LogP contribution < -0.4 is 0 Å². The van der Waals surface area contributed by atoms with Crippen molar-refractivity contribution in [2.75, 3.05) is 19.8 Å². The first-order chi connectivity index (χ1) is 11.2. The minimum Gasteiger partial charge on any atom is -0.464 e. The van der Waals surface area contributed by atoms with Crippen molar-refractivity contribution in [1.82, 2.24) is 10.1 Å². The van der Waals surface area contributed by atoms with Crippen LogP contribution in [0.3, 0.4) is 0 Å². The number of rotatable bonds is 2. The molecule has 0 bridgehead atoms. The minimum atomic E-state index is -0.208. The molecule has 2 aromatic rings. The van der Waals surface area contributed by atoms with Gasteiger partial charge in [-0.05, 0) is 38.3 Å². The van der Waals surface area contributed by atoms with Gasteiger partial charge in [-0.2, -0.15) is 0 Å². The molecule has 2 aromatic heterocycles. The number of fused-ring (bicyclic) bond motifs is 1. The van der Waals surface area contributed by atoms with Crippen molar-refractivity contribution in [3.63, 3.8) is 0 Å². The second-order valence-corrected chi connectivity index (χ2v) is 6.18. The third-order valence-electron chi connectivity index (χ3n) is 4.63. The van der Waals surface area contributed by atoms with E-state index < -0.39 is 0 Å². The lowest BCUT2D eigenvalue weighted by atomic mass is 9.96. The summed E-state index contributed by atoms with van der Waals surface area (Å²) in [5.41, 5.74) is 1.46. The van der Waals surface area contributed by atoms with Gasteiger partial charge < -0.3 is 18.6 Å². The first kappa shape index (κ1) is 14.5. The molecule has 1 unspecified atom stereocenters. The lowest BCUT2D eigenvalue weighted by Gasteiger charge is -2.34. The Labute approximate surface area is 134 Å². The molecular weight excluding hydrogens is 296 g/mol. The molecule has 0 radical (unpaired) electrons. The van der Waals surface area contributed by atoms with E-state index in [0.29, 0.717) is 25.5 Å². The summed E-state index contributed by atoms with van der Waals surface area (Å²) >= 11 is 0. The number of nitrogens with zero attached hydrogens (tertiary/aromatic N) is 2. The van der Waals surface area contributed by atoms with Gasteiger partial charge in [-0.3, -0.25) is 4.79 Å². The molecule has 6 nitrogen and oxygen atoms in total. The highest BCUT2D eigenvalue weighted by Crippen LogP contribution is 2.30. The summed E-state index contributed by atoms with van der Waals surface area (Å²) in [6.45, 7) is 3.40. The van der Waals surface area contributed by atoms with Crippen molar-refractivity contribution in [1.29, 1.82) is 0 Å². The van der Waals surface area contributed by atoms with E-state index in [1.807, 2.05) is 19.1 Å². The largest absolute Gasteiger partial charge is 0.464 e. The highest BCUT2D eigenvalue weighted by Gasteiger charge is 2.35. The highest BCUT2D eigenvalue weighted by molar-refractivity contribution is 5.94. The van der Waals surface area contributed by atoms with Gasteiger partial charge >= 0.3 is 0 Å². The second-order valence-electron chi connectivity index (χ2n) is 6.18. The molecular formula is C17H20N2O4. The number of ether oxygens (including phenoxy) is 1. The van der Waals surface area contributed by atoms with E-state index in [1.165, 1.54) is 0 Å². The van der Waals surface area contributed by atoms with Crippen molar-refractivity contribution in [2.45, 2.75) is 38.6 Å². The zero-order valence-electron chi connectivity index (χ0n) is 13.2. The Morgan fingerprint density at radius 2 is 2.17 bits per heavy atom. The summed E-state index contributed by atoms with van der Waals surface area (Å²) in [6, 6.07) is 3.61. The Kier molecular flexibility index (Phi) is 3.69. The predicted molar refractivity (Wildman–Crippen MR) is 81.2 cm³/mol. The summed E-state index contributed by atoms with van der Waals surface area (Å²) in [4.78, 5) is 14.8. The second kappa shape index (κ2) is 5.85. The molecule has 6 heteroatoms. The summed E-state index contributed by atoms with van der Waals surface area (Å²) in [6.07, 6.45) is 3.92. The molecule has 0 N–H and O–H groups in total. The van der Waals surface area contributed by atoms with E-state index in [0.717, 1.165) is 48.5 Å². The van der Waals surface area contributed by atoms with Crippen LogP contribution in [0, 0.1) is 6.92 Å². The Bertz CT molecular complexity index is 718. The lowest BCUT2D eigenvalue weighted by Crippen LogP contribution is -2.43. The van der Waals surface area contributed by atoms with Gasteiger partial charge in [0.05, 0.1) is 13.2 Å². The standard InChI is InChI=1S/C17H20N2O4/c1-11-6-7-15(22-11)13-10-21-9-8-19(13)17(20)16-12-4-2-3-5-14(12)23-18-16/h6-7,13H,2-5,8-10H2,1H3. The van der Waals surface area contributed by atoms with E-state index in [9.17, 15) is 4.79 Å². The maximum atomic E-state index is 13.0. The van der Waals surface area contributed by atoms with Crippen molar-refractivity contribution >= 4 is 5.91 Å². The number of hydrogen-bond acceptors (Lipinski definition) is 5. The molecule has 0 spiro atoms. The van der Waals surface area contributed by atoms with Gasteiger partial charge in [-0.1, -0.05) is 5.16 Å². The number of carbonyl (C=O) groups is 1. The number of carbonyl (C=O) groups excluding carboxylic acids is 1. The number of morpholine rings is 1. The van der Waals surface area contributed by atoms with E-state index in [1.54, 1.807) is 4.90 Å². The zero-order valence-corrected chi connectivity index (χ0v) is 13.2. The van der Waals surface area contributed by atoms with E-state index in [2.05, 4.69) is 5.16 Å². The molecule has 3 heterocycles. The quantitative estimate of drug-likeness (QED) is 0.852. The third kappa shape index (κ3) is 2.57. The highest BCUT2D eigenvalue weighted by atomic mass is 16.5. The Morgan fingerprint density at radius 1 is 1.30 bits per heavy atom. The first-order valence-corrected chi connectivity index (χ1v) is 8.16. The monoisotopic (exact) mass is 316 g/mol. The van der Waals surface area contributed by atoms with Gasteiger partial charge in [0.15, 0.2) is 5.69 Å². The van der Waals surface area contributed by atoms with Crippen LogP contribution in [0.2, 0.25) is 0 Å². The van der Waals surface area contributed by atoms with Crippen LogP contribution in [0.4, 0.5) is 0 Å². The average molecular weight is 316 g/mol. The maximum Gasteiger partial charge on any atom is 0.277 e. The molecule has 122 valence electrons. The first-order valence-electron chi connectivity index (χ1n) is 8.16. The van der Waals surface area contributed by atoms with Crippen molar-refractivity contribution < 1.29 is 18.5 Å². The van der Waals surface area contributed by atoms with Crippen LogP contribution in [0.1, 0.15) is 52.2 Å². The predicted octanol–water partition coefficient (Wildman–Crippen LogP) is 2.67. The van der Waals surface area contributed by atoms with Crippen LogP contribution in [0.5, 0.6) is 0 Å². The lowest BCUT2D eigenvalue weighted by molar-refractivity contribution is -0.00947. The summed E-state index contributed by atoms with van der Waals surface area (Å²) < 4.78 is 16.7. The molecule has 2 aliphatic rings. The van der Waals surface area contributed by atoms with Gasteiger partial charge in [0.2, 0.25) is 0 Å². The van der Waals surface area contributed by atoms with Gasteiger partial charge in [0.25, 0.3) is 5.91 Å². The third-order valence-corrected chi connectivity index (χ3v) is 4.63. The molecule has 23 heavy (non-hydrogen) atoms. The Morgan fingerprint density at radius 3 is 3.00 bits per heavy atom. The van der Waals surface area contributed by atoms with Crippen LogP contribution in [0.15, 0.2) is 21.1 Å². The van der Waals surface area contributed by atoms with E-state index in [4.69, 9.17) is 13.7 Å². The van der Waals surface area contributed by atoms with Crippen LogP contribution in [0.25, 0.3) is 0 Å².